The number of aryl methyl sites for hydroxylation is 1. The minimum atomic E-state index is 0.241. The average Bonchev–Trinajstić information content (AvgIpc) is 2.40. The third-order valence-corrected chi connectivity index (χ3v) is 3.18. The monoisotopic (exact) mass is 236 g/mol. The summed E-state index contributed by atoms with van der Waals surface area (Å²) in [6, 6.07) is 4.09. The van der Waals surface area contributed by atoms with Crippen molar-refractivity contribution >= 4 is 5.82 Å². The van der Waals surface area contributed by atoms with E-state index in [0.717, 1.165) is 50.7 Å². The number of β-amino-alcohol motifs (C(OH)–C–C–N with tert-alkyl or cyclic N) is 1. The molecule has 0 saturated carbocycles. The summed E-state index contributed by atoms with van der Waals surface area (Å²) in [5.41, 5.74) is 1.03. The zero-order valence-corrected chi connectivity index (χ0v) is 10.3. The summed E-state index contributed by atoms with van der Waals surface area (Å²) in [6.45, 7) is 6.98. The molecule has 0 radical (unpaired) electrons. The second-order valence-corrected chi connectivity index (χ2v) is 4.29. The minimum Gasteiger partial charge on any atom is -0.395 e. The van der Waals surface area contributed by atoms with Gasteiger partial charge in [-0.15, -0.1) is 5.10 Å². The van der Waals surface area contributed by atoms with Crippen LogP contribution in [0.2, 0.25) is 0 Å². The molecule has 0 bridgehead atoms. The molecule has 1 fully saturated rings. The molecule has 5 nitrogen and oxygen atoms in total. The molecule has 5 heteroatoms. The average molecular weight is 236 g/mol. The van der Waals surface area contributed by atoms with Gasteiger partial charge < -0.3 is 10.0 Å². The summed E-state index contributed by atoms with van der Waals surface area (Å²) in [6.07, 6.45) is 0.928. The first-order valence-corrected chi connectivity index (χ1v) is 6.24. The van der Waals surface area contributed by atoms with Gasteiger partial charge in [-0.3, -0.25) is 4.90 Å². The number of piperazine rings is 1. The van der Waals surface area contributed by atoms with Gasteiger partial charge in [0.15, 0.2) is 5.82 Å². The van der Waals surface area contributed by atoms with Crippen LogP contribution in [0.1, 0.15) is 12.6 Å². The van der Waals surface area contributed by atoms with Crippen LogP contribution in [0.3, 0.4) is 0 Å². The summed E-state index contributed by atoms with van der Waals surface area (Å²) in [7, 11) is 0. The van der Waals surface area contributed by atoms with Crippen molar-refractivity contribution < 1.29 is 5.11 Å². The lowest BCUT2D eigenvalue weighted by atomic mass is 10.3. The van der Waals surface area contributed by atoms with E-state index in [1.54, 1.807) is 0 Å². The summed E-state index contributed by atoms with van der Waals surface area (Å²) >= 11 is 0. The largest absolute Gasteiger partial charge is 0.395 e. The van der Waals surface area contributed by atoms with Crippen molar-refractivity contribution in [3.05, 3.63) is 17.8 Å². The number of anilines is 1. The highest BCUT2D eigenvalue weighted by Crippen LogP contribution is 2.12. The highest BCUT2D eigenvalue weighted by Gasteiger charge is 2.17. The molecule has 1 aromatic heterocycles. The number of aliphatic hydroxyl groups is 1. The number of hydrogen-bond donors (Lipinski definition) is 1. The summed E-state index contributed by atoms with van der Waals surface area (Å²) in [5.74, 6) is 0.964. The Kier molecular flexibility index (Phi) is 4.28. The van der Waals surface area contributed by atoms with E-state index < -0.39 is 0 Å². The van der Waals surface area contributed by atoms with Gasteiger partial charge in [-0.2, -0.15) is 5.10 Å². The Morgan fingerprint density at radius 2 is 1.94 bits per heavy atom. The quantitative estimate of drug-likeness (QED) is 0.806. The third-order valence-electron chi connectivity index (χ3n) is 3.18. The van der Waals surface area contributed by atoms with Gasteiger partial charge in [0.25, 0.3) is 0 Å². The van der Waals surface area contributed by atoms with Crippen molar-refractivity contribution in [2.75, 3.05) is 44.2 Å². The zero-order chi connectivity index (χ0) is 12.1. The lowest BCUT2D eigenvalue weighted by Gasteiger charge is -2.34. The maximum atomic E-state index is 8.88. The van der Waals surface area contributed by atoms with Crippen LogP contribution in [0.25, 0.3) is 0 Å². The standard InChI is InChI=1S/C12H20N4O/c1-2-11-3-4-12(14-13-11)16-7-5-15(6-8-16)9-10-17/h3-4,17H,2,5-10H2,1H3. The smallest absolute Gasteiger partial charge is 0.151 e. The Bertz CT molecular complexity index is 333. The molecule has 17 heavy (non-hydrogen) atoms. The number of aromatic nitrogens is 2. The van der Waals surface area contributed by atoms with E-state index in [-0.39, 0.29) is 6.61 Å². The van der Waals surface area contributed by atoms with Gasteiger partial charge in [0.1, 0.15) is 0 Å². The van der Waals surface area contributed by atoms with Crippen LogP contribution in [-0.2, 0) is 6.42 Å². The molecule has 94 valence electrons. The Morgan fingerprint density at radius 1 is 1.18 bits per heavy atom. The second-order valence-electron chi connectivity index (χ2n) is 4.29. The fourth-order valence-electron chi connectivity index (χ4n) is 2.05. The number of rotatable bonds is 4. The molecular formula is C12H20N4O. The molecule has 0 aromatic carbocycles. The van der Waals surface area contributed by atoms with Gasteiger partial charge >= 0.3 is 0 Å². The van der Waals surface area contributed by atoms with Gasteiger partial charge in [-0.05, 0) is 18.6 Å². The molecule has 0 unspecified atom stereocenters. The van der Waals surface area contributed by atoms with Gasteiger partial charge in [0.2, 0.25) is 0 Å². The predicted molar refractivity (Wildman–Crippen MR) is 67.1 cm³/mol. The van der Waals surface area contributed by atoms with Crippen LogP contribution in [0, 0.1) is 0 Å². The summed E-state index contributed by atoms with van der Waals surface area (Å²) < 4.78 is 0. The predicted octanol–water partition coefficient (Wildman–Crippen LogP) is 0.153. The topological polar surface area (TPSA) is 52.5 Å². The summed E-state index contributed by atoms with van der Waals surface area (Å²) in [4.78, 5) is 4.52. The molecule has 0 atom stereocenters. The van der Waals surface area contributed by atoms with E-state index in [2.05, 4.69) is 26.9 Å². The van der Waals surface area contributed by atoms with Gasteiger partial charge in [0.05, 0.1) is 12.3 Å². The van der Waals surface area contributed by atoms with E-state index in [1.165, 1.54) is 0 Å². The Balaban J connectivity index is 1.91. The molecule has 2 rings (SSSR count). The first kappa shape index (κ1) is 12.3. The van der Waals surface area contributed by atoms with E-state index in [1.807, 2.05) is 12.1 Å². The minimum absolute atomic E-state index is 0.241. The number of aliphatic hydroxyl groups excluding tert-OH is 1. The SMILES string of the molecule is CCc1ccc(N2CCN(CCO)CC2)nn1. The zero-order valence-electron chi connectivity index (χ0n) is 10.3. The molecule has 0 aliphatic carbocycles. The van der Waals surface area contributed by atoms with Crippen molar-refractivity contribution in [3.63, 3.8) is 0 Å². The molecule has 0 spiro atoms. The van der Waals surface area contributed by atoms with Gasteiger partial charge in [-0.1, -0.05) is 6.92 Å². The molecule has 1 N–H and O–H groups in total. The van der Waals surface area contributed by atoms with Gasteiger partial charge in [0, 0.05) is 32.7 Å². The van der Waals surface area contributed by atoms with Crippen molar-refractivity contribution in [3.8, 4) is 0 Å². The van der Waals surface area contributed by atoms with E-state index >= 15 is 0 Å². The third kappa shape index (κ3) is 3.14. The van der Waals surface area contributed by atoms with Crippen LogP contribution in [0.5, 0.6) is 0 Å². The van der Waals surface area contributed by atoms with Crippen LogP contribution in [0.15, 0.2) is 12.1 Å². The highest BCUT2D eigenvalue weighted by molar-refractivity contribution is 5.37. The number of hydrogen-bond acceptors (Lipinski definition) is 5. The normalized spacial score (nSPS) is 17.4. The Hall–Kier alpha value is -1.20. The van der Waals surface area contributed by atoms with E-state index in [0.29, 0.717) is 0 Å². The molecule has 1 aliphatic heterocycles. The fraction of sp³-hybridized carbons (Fsp3) is 0.667. The lowest BCUT2D eigenvalue weighted by molar-refractivity contribution is 0.188. The molecule has 2 heterocycles. The Morgan fingerprint density at radius 3 is 2.47 bits per heavy atom. The molecule has 1 saturated heterocycles. The molecular weight excluding hydrogens is 216 g/mol. The first-order chi connectivity index (χ1) is 8.33. The highest BCUT2D eigenvalue weighted by atomic mass is 16.3. The van der Waals surface area contributed by atoms with Crippen molar-refractivity contribution in [2.24, 2.45) is 0 Å². The van der Waals surface area contributed by atoms with Crippen LogP contribution < -0.4 is 4.90 Å². The van der Waals surface area contributed by atoms with Crippen LogP contribution in [0.4, 0.5) is 5.82 Å². The van der Waals surface area contributed by atoms with E-state index in [4.69, 9.17) is 5.11 Å². The van der Waals surface area contributed by atoms with Crippen molar-refractivity contribution in [2.45, 2.75) is 13.3 Å². The van der Waals surface area contributed by atoms with Crippen LogP contribution in [-0.4, -0.2) is 59.5 Å². The van der Waals surface area contributed by atoms with Crippen LogP contribution >= 0.6 is 0 Å². The molecule has 1 aromatic rings. The first-order valence-electron chi connectivity index (χ1n) is 6.24. The van der Waals surface area contributed by atoms with Gasteiger partial charge in [-0.25, -0.2) is 0 Å². The lowest BCUT2D eigenvalue weighted by Crippen LogP contribution is -2.47. The maximum Gasteiger partial charge on any atom is 0.151 e. The van der Waals surface area contributed by atoms with Crippen molar-refractivity contribution in [1.29, 1.82) is 0 Å². The number of nitrogens with zero attached hydrogens (tertiary/aromatic N) is 4. The molecule has 1 aliphatic rings. The maximum absolute atomic E-state index is 8.88. The van der Waals surface area contributed by atoms with E-state index in [9.17, 15) is 0 Å². The van der Waals surface area contributed by atoms with Crippen molar-refractivity contribution in [1.82, 2.24) is 15.1 Å². The second kappa shape index (κ2) is 5.93. The summed E-state index contributed by atoms with van der Waals surface area (Å²) in [5, 5.41) is 17.3. The molecule has 0 amide bonds. The fourth-order valence-corrected chi connectivity index (χ4v) is 2.05. The Labute approximate surface area is 102 Å².